The molecule has 3 aromatic rings. The summed E-state index contributed by atoms with van der Waals surface area (Å²) in [7, 11) is 0. The first kappa shape index (κ1) is 20.1. The standard InChI is InChI=1S/C21H22FN3O2S2/c1-13-11-15(6-7-16(13)22)25-20(27)19-17(8-10-28-19)23-21(25)29-12-18(26)24-9-4-3-5-14(24)2/h6-8,10-11,14H,3-5,9,12H2,1-2H3/t14-/m0/s1. The van der Waals surface area contributed by atoms with E-state index in [-0.39, 0.29) is 29.1 Å². The number of carbonyl (C=O) groups is 1. The summed E-state index contributed by atoms with van der Waals surface area (Å²) >= 11 is 2.59. The van der Waals surface area contributed by atoms with Crippen molar-refractivity contribution in [2.75, 3.05) is 12.3 Å². The molecule has 1 amide bonds. The number of hydrogen-bond donors (Lipinski definition) is 0. The van der Waals surface area contributed by atoms with E-state index in [1.807, 2.05) is 10.3 Å². The number of thiophene rings is 1. The van der Waals surface area contributed by atoms with E-state index >= 15 is 0 Å². The van der Waals surface area contributed by atoms with E-state index in [9.17, 15) is 14.0 Å². The van der Waals surface area contributed by atoms with E-state index in [0.717, 1.165) is 25.8 Å². The van der Waals surface area contributed by atoms with Crippen molar-refractivity contribution >= 4 is 39.2 Å². The Labute approximate surface area is 176 Å². The van der Waals surface area contributed by atoms with Gasteiger partial charge in [0.25, 0.3) is 5.56 Å². The highest BCUT2D eigenvalue weighted by molar-refractivity contribution is 7.99. The summed E-state index contributed by atoms with van der Waals surface area (Å²) in [6, 6.07) is 6.61. The minimum atomic E-state index is -0.324. The normalized spacial score (nSPS) is 17.1. The largest absolute Gasteiger partial charge is 0.339 e. The van der Waals surface area contributed by atoms with E-state index in [1.165, 1.54) is 33.7 Å². The summed E-state index contributed by atoms with van der Waals surface area (Å²) in [6.45, 7) is 4.52. The van der Waals surface area contributed by atoms with Gasteiger partial charge in [-0.05, 0) is 68.3 Å². The molecule has 4 rings (SSSR count). The van der Waals surface area contributed by atoms with Crippen LogP contribution in [0.5, 0.6) is 0 Å². The summed E-state index contributed by atoms with van der Waals surface area (Å²) < 4.78 is 15.8. The van der Waals surface area contributed by atoms with Crippen LogP contribution in [0, 0.1) is 12.7 Å². The third-order valence-corrected chi connectivity index (χ3v) is 7.11. The summed E-state index contributed by atoms with van der Waals surface area (Å²) in [5, 5.41) is 2.28. The summed E-state index contributed by atoms with van der Waals surface area (Å²) in [5.41, 5.74) is 1.43. The van der Waals surface area contributed by atoms with Crippen molar-refractivity contribution in [3.63, 3.8) is 0 Å². The minimum absolute atomic E-state index is 0.0590. The van der Waals surface area contributed by atoms with Crippen LogP contribution in [0.2, 0.25) is 0 Å². The Bertz CT molecular complexity index is 1120. The third kappa shape index (κ3) is 3.96. The minimum Gasteiger partial charge on any atom is -0.339 e. The fraction of sp³-hybridized carbons (Fsp3) is 0.381. The number of halogens is 1. The van der Waals surface area contributed by atoms with Crippen LogP contribution in [0.3, 0.4) is 0 Å². The maximum atomic E-state index is 13.8. The van der Waals surface area contributed by atoms with Gasteiger partial charge in [-0.1, -0.05) is 11.8 Å². The predicted octanol–water partition coefficient (Wildman–Crippen LogP) is 4.39. The van der Waals surface area contributed by atoms with Crippen LogP contribution in [0.1, 0.15) is 31.7 Å². The third-order valence-electron chi connectivity index (χ3n) is 5.30. The summed E-state index contributed by atoms with van der Waals surface area (Å²) in [5.74, 6) is -0.0498. The molecule has 1 atom stereocenters. The fourth-order valence-electron chi connectivity index (χ4n) is 3.66. The first-order valence-corrected chi connectivity index (χ1v) is 11.5. The summed E-state index contributed by atoms with van der Waals surface area (Å²) in [6.07, 6.45) is 3.20. The average Bonchev–Trinajstić information content (AvgIpc) is 3.18. The number of piperidine rings is 1. The van der Waals surface area contributed by atoms with Gasteiger partial charge in [0, 0.05) is 12.6 Å². The lowest BCUT2D eigenvalue weighted by Gasteiger charge is -2.33. The highest BCUT2D eigenvalue weighted by atomic mass is 32.2. The molecule has 0 radical (unpaired) electrons. The van der Waals surface area contributed by atoms with Crippen molar-refractivity contribution < 1.29 is 9.18 Å². The van der Waals surface area contributed by atoms with Gasteiger partial charge in [-0.15, -0.1) is 11.3 Å². The van der Waals surface area contributed by atoms with Crippen molar-refractivity contribution in [3.05, 3.63) is 51.4 Å². The lowest BCUT2D eigenvalue weighted by Crippen LogP contribution is -2.43. The van der Waals surface area contributed by atoms with Crippen molar-refractivity contribution in [3.8, 4) is 5.69 Å². The molecule has 5 nitrogen and oxygen atoms in total. The van der Waals surface area contributed by atoms with Crippen LogP contribution in [0.4, 0.5) is 4.39 Å². The molecule has 1 aromatic carbocycles. The molecular formula is C21H22FN3O2S2. The van der Waals surface area contributed by atoms with Gasteiger partial charge in [0.1, 0.15) is 10.5 Å². The van der Waals surface area contributed by atoms with Crippen molar-refractivity contribution in [2.45, 2.75) is 44.3 Å². The van der Waals surface area contributed by atoms with Gasteiger partial charge in [-0.25, -0.2) is 9.37 Å². The molecule has 1 saturated heterocycles. The van der Waals surface area contributed by atoms with Crippen LogP contribution in [0.25, 0.3) is 15.9 Å². The van der Waals surface area contributed by atoms with Crippen molar-refractivity contribution in [1.82, 2.24) is 14.5 Å². The maximum absolute atomic E-state index is 13.8. The zero-order valence-electron chi connectivity index (χ0n) is 16.4. The smallest absolute Gasteiger partial charge is 0.276 e. The van der Waals surface area contributed by atoms with E-state index in [0.29, 0.717) is 26.6 Å². The molecule has 2 aromatic heterocycles. The molecule has 0 N–H and O–H groups in total. The first-order chi connectivity index (χ1) is 14.0. The SMILES string of the molecule is Cc1cc(-n2c(SCC(=O)N3CCCC[C@@H]3C)nc3ccsc3c2=O)ccc1F. The number of fused-ring (bicyclic) bond motifs is 1. The molecule has 29 heavy (non-hydrogen) atoms. The monoisotopic (exact) mass is 431 g/mol. The quantitative estimate of drug-likeness (QED) is 0.454. The van der Waals surface area contributed by atoms with Gasteiger partial charge in [0.2, 0.25) is 5.91 Å². The lowest BCUT2D eigenvalue weighted by molar-refractivity contribution is -0.131. The van der Waals surface area contributed by atoms with E-state index < -0.39 is 0 Å². The number of benzene rings is 1. The van der Waals surface area contributed by atoms with Crippen LogP contribution < -0.4 is 5.56 Å². The Kier molecular flexibility index (Phi) is 5.74. The molecule has 1 aliphatic rings. The molecule has 0 saturated carbocycles. The van der Waals surface area contributed by atoms with E-state index in [4.69, 9.17) is 0 Å². The van der Waals surface area contributed by atoms with Gasteiger partial charge in [-0.3, -0.25) is 14.2 Å². The highest BCUT2D eigenvalue weighted by Crippen LogP contribution is 2.26. The number of rotatable bonds is 4. The number of carbonyl (C=O) groups excluding carboxylic acids is 1. The van der Waals surface area contributed by atoms with Gasteiger partial charge < -0.3 is 4.90 Å². The van der Waals surface area contributed by atoms with Gasteiger partial charge in [-0.2, -0.15) is 0 Å². The Morgan fingerprint density at radius 3 is 2.93 bits per heavy atom. The first-order valence-electron chi connectivity index (χ1n) is 9.65. The average molecular weight is 432 g/mol. The zero-order chi connectivity index (χ0) is 20.5. The fourth-order valence-corrected chi connectivity index (χ4v) is 5.32. The van der Waals surface area contributed by atoms with Crippen molar-refractivity contribution in [1.29, 1.82) is 0 Å². The number of aromatic nitrogens is 2. The number of nitrogens with zero attached hydrogens (tertiary/aromatic N) is 3. The second-order valence-electron chi connectivity index (χ2n) is 7.32. The molecule has 0 unspecified atom stereocenters. The van der Waals surface area contributed by atoms with Crippen LogP contribution in [-0.2, 0) is 4.79 Å². The van der Waals surface area contributed by atoms with Gasteiger partial charge >= 0.3 is 0 Å². The number of likely N-dealkylation sites (tertiary alicyclic amines) is 1. The Balaban J connectivity index is 1.70. The lowest BCUT2D eigenvalue weighted by atomic mass is 10.0. The number of aryl methyl sites for hydroxylation is 1. The molecular weight excluding hydrogens is 409 g/mol. The topological polar surface area (TPSA) is 55.2 Å². The number of hydrogen-bond acceptors (Lipinski definition) is 5. The number of amides is 1. The second-order valence-corrected chi connectivity index (χ2v) is 9.18. The van der Waals surface area contributed by atoms with Crippen molar-refractivity contribution in [2.24, 2.45) is 0 Å². The molecule has 8 heteroatoms. The van der Waals surface area contributed by atoms with Crippen LogP contribution in [-0.4, -0.2) is 38.7 Å². The molecule has 0 aliphatic carbocycles. The molecule has 152 valence electrons. The van der Waals surface area contributed by atoms with Gasteiger partial charge in [0.15, 0.2) is 5.16 Å². The van der Waals surface area contributed by atoms with Gasteiger partial charge in [0.05, 0.1) is 17.0 Å². The highest BCUT2D eigenvalue weighted by Gasteiger charge is 2.24. The molecule has 3 heterocycles. The second kappa shape index (κ2) is 8.28. The Morgan fingerprint density at radius 1 is 1.34 bits per heavy atom. The molecule has 0 spiro atoms. The zero-order valence-corrected chi connectivity index (χ0v) is 18.0. The number of thioether (sulfide) groups is 1. The van der Waals surface area contributed by atoms with E-state index in [2.05, 4.69) is 11.9 Å². The molecule has 0 bridgehead atoms. The molecule has 1 fully saturated rings. The predicted molar refractivity (Wildman–Crippen MR) is 116 cm³/mol. The van der Waals surface area contributed by atoms with E-state index in [1.54, 1.807) is 25.1 Å². The maximum Gasteiger partial charge on any atom is 0.276 e. The molecule has 1 aliphatic heterocycles. The Morgan fingerprint density at radius 2 is 2.17 bits per heavy atom. The van der Waals surface area contributed by atoms with Crippen LogP contribution in [0.15, 0.2) is 39.6 Å². The Hall–Kier alpha value is -2.19. The summed E-state index contributed by atoms with van der Waals surface area (Å²) in [4.78, 5) is 32.5. The van der Waals surface area contributed by atoms with Crippen LogP contribution >= 0.6 is 23.1 Å².